The summed E-state index contributed by atoms with van der Waals surface area (Å²) in [5.74, 6) is 0.928. The van der Waals surface area contributed by atoms with Crippen LogP contribution in [0, 0.1) is 13.8 Å². The number of benzene rings is 2. The van der Waals surface area contributed by atoms with E-state index in [0.717, 1.165) is 5.56 Å². The molecule has 0 aliphatic rings. The van der Waals surface area contributed by atoms with Gasteiger partial charge in [-0.05, 0) is 43.7 Å². The van der Waals surface area contributed by atoms with E-state index in [1.807, 2.05) is 30.3 Å². The molecule has 7 heteroatoms. The molecule has 0 N–H and O–H groups in total. The van der Waals surface area contributed by atoms with Gasteiger partial charge in [0.25, 0.3) is 10.0 Å². The number of nitrogens with zero attached hydrogens (tertiary/aromatic N) is 2. The highest BCUT2D eigenvalue weighted by Gasteiger charge is 2.31. The van der Waals surface area contributed by atoms with Crippen molar-refractivity contribution in [3.8, 4) is 5.75 Å². The minimum atomic E-state index is -3.85. The summed E-state index contributed by atoms with van der Waals surface area (Å²) in [6, 6.07) is 16.3. The van der Waals surface area contributed by atoms with Gasteiger partial charge in [0.05, 0.1) is 19.3 Å². The number of methoxy groups -OCH3 is 1. The van der Waals surface area contributed by atoms with Gasteiger partial charge in [0.2, 0.25) is 0 Å². The highest BCUT2D eigenvalue weighted by atomic mass is 32.2. The molecule has 0 aliphatic carbocycles. The fraction of sp³-hybridized carbons (Fsp3) is 0.211. The molecular weight excluding hydrogens is 352 g/mol. The van der Waals surface area contributed by atoms with Crippen molar-refractivity contribution in [3.63, 3.8) is 0 Å². The number of aromatic nitrogens is 1. The van der Waals surface area contributed by atoms with Crippen molar-refractivity contribution in [1.82, 2.24) is 5.16 Å². The lowest BCUT2D eigenvalue weighted by molar-refractivity contribution is 0.390. The fourth-order valence-corrected chi connectivity index (χ4v) is 4.52. The molecule has 136 valence electrons. The average molecular weight is 372 g/mol. The Morgan fingerprint density at radius 1 is 1.04 bits per heavy atom. The first-order valence-electron chi connectivity index (χ1n) is 8.07. The molecule has 0 saturated carbocycles. The smallest absolute Gasteiger partial charge is 0.270 e. The van der Waals surface area contributed by atoms with Crippen LogP contribution >= 0.6 is 0 Å². The molecule has 1 aromatic heterocycles. The van der Waals surface area contributed by atoms with Crippen LogP contribution in [0.5, 0.6) is 5.75 Å². The molecule has 26 heavy (non-hydrogen) atoms. The van der Waals surface area contributed by atoms with Crippen molar-refractivity contribution in [2.75, 3.05) is 11.4 Å². The van der Waals surface area contributed by atoms with Gasteiger partial charge in [-0.15, -0.1) is 0 Å². The fourth-order valence-electron chi connectivity index (χ4n) is 2.77. The predicted molar refractivity (Wildman–Crippen MR) is 98.8 cm³/mol. The van der Waals surface area contributed by atoms with Crippen molar-refractivity contribution >= 4 is 15.7 Å². The average Bonchev–Trinajstić information content (AvgIpc) is 2.99. The van der Waals surface area contributed by atoms with Crippen molar-refractivity contribution in [3.05, 3.63) is 71.6 Å². The van der Waals surface area contributed by atoms with Crippen LogP contribution in [0.3, 0.4) is 0 Å². The zero-order valence-corrected chi connectivity index (χ0v) is 15.7. The van der Waals surface area contributed by atoms with Crippen molar-refractivity contribution < 1.29 is 17.7 Å². The molecule has 2 aromatic carbocycles. The van der Waals surface area contributed by atoms with Gasteiger partial charge in [-0.25, -0.2) is 8.42 Å². The summed E-state index contributed by atoms with van der Waals surface area (Å²) in [5, 5.41) is 3.79. The van der Waals surface area contributed by atoms with E-state index in [2.05, 4.69) is 5.16 Å². The quantitative estimate of drug-likeness (QED) is 0.660. The molecule has 0 unspecified atom stereocenters. The molecule has 3 rings (SSSR count). The Labute approximate surface area is 153 Å². The molecule has 0 amide bonds. The van der Waals surface area contributed by atoms with Crippen LogP contribution in [0.4, 0.5) is 5.69 Å². The first-order valence-corrected chi connectivity index (χ1v) is 9.51. The number of ether oxygens (including phenoxy) is 1. The summed E-state index contributed by atoms with van der Waals surface area (Å²) < 4.78 is 38.4. The Balaban J connectivity index is 2.10. The lowest BCUT2D eigenvalue weighted by Gasteiger charge is -2.24. The maximum absolute atomic E-state index is 13.4. The third-order valence-electron chi connectivity index (χ3n) is 4.05. The summed E-state index contributed by atoms with van der Waals surface area (Å²) >= 11 is 0. The minimum Gasteiger partial charge on any atom is -0.497 e. The monoisotopic (exact) mass is 372 g/mol. The maximum Gasteiger partial charge on any atom is 0.270 e. The second-order valence-electron chi connectivity index (χ2n) is 5.85. The largest absolute Gasteiger partial charge is 0.497 e. The van der Waals surface area contributed by atoms with Gasteiger partial charge >= 0.3 is 0 Å². The van der Waals surface area contributed by atoms with Gasteiger partial charge in [0.1, 0.15) is 11.4 Å². The molecule has 0 spiro atoms. The maximum atomic E-state index is 13.4. The normalized spacial score (nSPS) is 11.3. The highest BCUT2D eigenvalue weighted by molar-refractivity contribution is 7.92. The standard InChI is InChI=1S/C19H20N2O4S/c1-14-19(15(2)25-20-14)26(22,23)21(13-16-7-5-4-6-8-16)17-9-11-18(24-3)12-10-17/h4-12H,13H2,1-3H3. The molecule has 0 bridgehead atoms. The zero-order valence-electron chi connectivity index (χ0n) is 14.8. The second-order valence-corrected chi connectivity index (χ2v) is 7.65. The molecule has 0 saturated heterocycles. The third kappa shape index (κ3) is 3.43. The number of hydrogen-bond acceptors (Lipinski definition) is 5. The van der Waals surface area contributed by atoms with Crippen LogP contribution in [-0.4, -0.2) is 20.7 Å². The summed E-state index contributed by atoms with van der Waals surface area (Å²) in [5.41, 5.74) is 1.75. The Kier molecular flexibility index (Phi) is 4.99. The van der Waals surface area contributed by atoms with E-state index in [0.29, 0.717) is 17.1 Å². The predicted octanol–water partition coefficient (Wildman–Crippen LogP) is 3.70. The van der Waals surface area contributed by atoms with Crippen molar-refractivity contribution in [1.29, 1.82) is 0 Å². The molecule has 3 aromatic rings. The van der Waals surface area contributed by atoms with Crippen molar-refractivity contribution in [2.45, 2.75) is 25.3 Å². The molecule has 0 atom stereocenters. The summed E-state index contributed by atoms with van der Waals surface area (Å²) in [6.45, 7) is 3.42. The third-order valence-corrected chi connectivity index (χ3v) is 6.06. The lowest BCUT2D eigenvalue weighted by atomic mass is 10.2. The Hall–Kier alpha value is -2.80. The summed E-state index contributed by atoms with van der Waals surface area (Å²) in [6.07, 6.45) is 0. The van der Waals surface area contributed by atoms with Crippen LogP contribution in [0.2, 0.25) is 0 Å². The number of aryl methyl sites for hydroxylation is 2. The molecule has 0 aliphatic heterocycles. The van der Waals surface area contributed by atoms with Crippen LogP contribution in [0.25, 0.3) is 0 Å². The number of anilines is 1. The number of hydrogen-bond donors (Lipinski definition) is 0. The first kappa shape index (κ1) is 18.0. The molecule has 1 heterocycles. The van der Waals surface area contributed by atoms with Crippen LogP contribution < -0.4 is 9.04 Å². The van der Waals surface area contributed by atoms with Gasteiger partial charge in [-0.3, -0.25) is 4.31 Å². The highest BCUT2D eigenvalue weighted by Crippen LogP contribution is 2.30. The Morgan fingerprint density at radius 3 is 2.23 bits per heavy atom. The van der Waals surface area contributed by atoms with E-state index in [1.165, 1.54) is 4.31 Å². The minimum absolute atomic E-state index is 0.101. The second kappa shape index (κ2) is 7.21. The summed E-state index contributed by atoms with van der Waals surface area (Å²) in [7, 11) is -2.29. The van der Waals surface area contributed by atoms with E-state index in [-0.39, 0.29) is 17.2 Å². The van der Waals surface area contributed by atoms with E-state index in [4.69, 9.17) is 9.26 Å². The zero-order chi connectivity index (χ0) is 18.7. The lowest BCUT2D eigenvalue weighted by Crippen LogP contribution is -2.31. The van der Waals surface area contributed by atoms with Crippen LogP contribution in [-0.2, 0) is 16.6 Å². The topological polar surface area (TPSA) is 72.6 Å². The van der Waals surface area contributed by atoms with Gasteiger partial charge < -0.3 is 9.26 Å². The van der Waals surface area contributed by atoms with Crippen LogP contribution in [0.15, 0.2) is 64.0 Å². The van der Waals surface area contributed by atoms with E-state index in [1.54, 1.807) is 45.2 Å². The molecule has 0 radical (unpaired) electrons. The van der Waals surface area contributed by atoms with Crippen molar-refractivity contribution in [2.24, 2.45) is 0 Å². The molecular formula is C19H20N2O4S. The Bertz CT molecular complexity index is 961. The number of rotatable bonds is 6. The van der Waals surface area contributed by atoms with Gasteiger partial charge in [-0.2, -0.15) is 0 Å². The molecule has 0 fully saturated rings. The number of sulfonamides is 1. The molecule has 6 nitrogen and oxygen atoms in total. The van der Waals surface area contributed by atoms with Gasteiger partial charge in [0.15, 0.2) is 10.7 Å². The van der Waals surface area contributed by atoms with E-state index < -0.39 is 10.0 Å². The van der Waals surface area contributed by atoms with E-state index in [9.17, 15) is 8.42 Å². The van der Waals surface area contributed by atoms with Gasteiger partial charge in [0, 0.05) is 0 Å². The SMILES string of the molecule is COc1ccc(N(Cc2ccccc2)S(=O)(=O)c2c(C)noc2C)cc1. The first-order chi connectivity index (χ1) is 12.4. The Morgan fingerprint density at radius 2 is 1.69 bits per heavy atom. The van der Waals surface area contributed by atoms with E-state index >= 15 is 0 Å². The summed E-state index contributed by atoms with van der Waals surface area (Å²) in [4.78, 5) is 0.101. The van der Waals surface area contributed by atoms with Crippen LogP contribution in [0.1, 0.15) is 17.0 Å². The van der Waals surface area contributed by atoms with Gasteiger partial charge in [-0.1, -0.05) is 35.5 Å².